The number of benzene rings is 3. The lowest BCUT2D eigenvalue weighted by atomic mass is 10.2. The summed E-state index contributed by atoms with van der Waals surface area (Å²) in [5, 5.41) is 13.4. The van der Waals surface area contributed by atoms with Crippen molar-refractivity contribution in [3.05, 3.63) is 87.4 Å². The number of halogens is 2. The molecule has 0 aliphatic heterocycles. The van der Waals surface area contributed by atoms with Gasteiger partial charge in [-0.3, -0.25) is 0 Å². The highest BCUT2D eigenvalue weighted by molar-refractivity contribution is 9.10. The molecule has 0 atom stereocenters. The first kappa shape index (κ1) is 17.6. The van der Waals surface area contributed by atoms with E-state index in [2.05, 4.69) is 21.2 Å². The van der Waals surface area contributed by atoms with Crippen molar-refractivity contribution in [2.24, 2.45) is 0 Å². The number of nitrogens with one attached hydrogen (secondary N) is 1. The second-order valence-electron chi connectivity index (χ2n) is 5.57. The Balaban J connectivity index is 1.69. The average Bonchev–Trinajstić information content (AvgIpc) is 2.62. The van der Waals surface area contributed by atoms with Crippen LogP contribution in [0.5, 0.6) is 11.5 Å². The van der Waals surface area contributed by atoms with Gasteiger partial charge in [0.05, 0.1) is 0 Å². The maximum atomic E-state index is 9.36. The first-order chi connectivity index (χ1) is 12.1. The Morgan fingerprint density at radius 2 is 1.68 bits per heavy atom. The molecule has 3 rings (SSSR count). The van der Waals surface area contributed by atoms with Gasteiger partial charge in [0.15, 0.2) is 0 Å². The van der Waals surface area contributed by atoms with Crippen LogP contribution in [0.3, 0.4) is 0 Å². The standard InChI is InChI=1S/C20H17BrClNO2/c21-16-3-10-20(25-13-14-1-4-17(22)5-2-14)15(11-16)12-23-18-6-8-19(24)9-7-18/h1-11,23-24H,12-13H2. The summed E-state index contributed by atoms with van der Waals surface area (Å²) in [6, 6.07) is 20.5. The van der Waals surface area contributed by atoms with Gasteiger partial charge in [-0.05, 0) is 60.2 Å². The number of phenols is 1. The zero-order valence-electron chi connectivity index (χ0n) is 13.4. The molecule has 0 aliphatic carbocycles. The molecule has 0 spiro atoms. The summed E-state index contributed by atoms with van der Waals surface area (Å²) < 4.78 is 6.98. The first-order valence-electron chi connectivity index (χ1n) is 7.79. The molecule has 3 aromatic carbocycles. The molecule has 5 heteroatoms. The minimum Gasteiger partial charge on any atom is -0.508 e. The summed E-state index contributed by atoms with van der Waals surface area (Å²) in [7, 11) is 0. The molecule has 0 saturated heterocycles. The summed E-state index contributed by atoms with van der Waals surface area (Å²) >= 11 is 9.42. The highest BCUT2D eigenvalue weighted by atomic mass is 79.9. The molecule has 0 saturated carbocycles. The maximum absolute atomic E-state index is 9.36. The molecule has 0 bridgehead atoms. The normalized spacial score (nSPS) is 10.5. The molecule has 0 heterocycles. The Morgan fingerprint density at radius 3 is 2.40 bits per heavy atom. The number of hydrogen-bond donors (Lipinski definition) is 2. The summed E-state index contributed by atoms with van der Waals surface area (Å²) in [6.45, 7) is 1.09. The molecular formula is C20H17BrClNO2. The van der Waals surface area contributed by atoms with Crippen LogP contribution >= 0.6 is 27.5 Å². The number of rotatable bonds is 6. The van der Waals surface area contributed by atoms with Gasteiger partial charge in [0, 0.05) is 27.3 Å². The number of hydrogen-bond acceptors (Lipinski definition) is 3. The van der Waals surface area contributed by atoms with Gasteiger partial charge in [0.1, 0.15) is 18.1 Å². The largest absolute Gasteiger partial charge is 0.508 e. The Kier molecular flexibility index (Phi) is 5.84. The van der Waals surface area contributed by atoms with Crippen LogP contribution in [-0.4, -0.2) is 5.11 Å². The molecule has 2 N–H and O–H groups in total. The molecule has 3 aromatic rings. The second-order valence-corrected chi connectivity index (χ2v) is 6.92. The van der Waals surface area contributed by atoms with Crippen molar-refractivity contribution in [3.8, 4) is 11.5 Å². The summed E-state index contributed by atoms with van der Waals surface area (Å²) in [6.07, 6.45) is 0. The van der Waals surface area contributed by atoms with Crippen LogP contribution in [0.15, 0.2) is 71.2 Å². The minimum absolute atomic E-state index is 0.250. The van der Waals surface area contributed by atoms with Gasteiger partial charge in [-0.25, -0.2) is 0 Å². The molecular weight excluding hydrogens is 402 g/mol. The van der Waals surface area contributed by atoms with E-state index >= 15 is 0 Å². The van der Waals surface area contributed by atoms with Crippen LogP contribution < -0.4 is 10.1 Å². The number of anilines is 1. The second kappa shape index (κ2) is 8.28. The minimum atomic E-state index is 0.250. The zero-order chi connectivity index (χ0) is 17.6. The third kappa shape index (κ3) is 5.15. The van der Waals surface area contributed by atoms with Gasteiger partial charge in [0.25, 0.3) is 0 Å². The van der Waals surface area contributed by atoms with Gasteiger partial charge in [-0.15, -0.1) is 0 Å². The van der Waals surface area contributed by atoms with Crippen molar-refractivity contribution in [2.75, 3.05) is 5.32 Å². The van der Waals surface area contributed by atoms with Crippen molar-refractivity contribution >= 4 is 33.2 Å². The van der Waals surface area contributed by atoms with Gasteiger partial charge in [-0.2, -0.15) is 0 Å². The molecule has 0 unspecified atom stereocenters. The van der Waals surface area contributed by atoms with Crippen LogP contribution in [0.4, 0.5) is 5.69 Å². The van der Waals surface area contributed by atoms with Crippen LogP contribution in [0.1, 0.15) is 11.1 Å². The van der Waals surface area contributed by atoms with Crippen LogP contribution in [-0.2, 0) is 13.2 Å². The van der Waals surface area contributed by atoms with Crippen molar-refractivity contribution < 1.29 is 9.84 Å². The van der Waals surface area contributed by atoms with Gasteiger partial charge in [0.2, 0.25) is 0 Å². The fraction of sp³-hybridized carbons (Fsp3) is 0.100. The van der Waals surface area contributed by atoms with Crippen LogP contribution in [0.2, 0.25) is 5.02 Å². The summed E-state index contributed by atoms with van der Waals surface area (Å²) in [4.78, 5) is 0. The van der Waals surface area contributed by atoms with Crippen LogP contribution in [0, 0.1) is 0 Å². The lowest BCUT2D eigenvalue weighted by Crippen LogP contribution is -2.04. The SMILES string of the molecule is Oc1ccc(NCc2cc(Br)ccc2OCc2ccc(Cl)cc2)cc1. The van der Waals surface area contributed by atoms with Crippen molar-refractivity contribution in [2.45, 2.75) is 13.2 Å². The van der Waals surface area contributed by atoms with E-state index in [1.165, 1.54) is 0 Å². The highest BCUT2D eigenvalue weighted by Crippen LogP contribution is 2.26. The smallest absolute Gasteiger partial charge is 0.124 e. The molecule has 0 amide bonds. The fourth-order valence-electron chi connectivity index (χ4n) is 2.35. The lowest BCUT2D eigenvalue weighted by molar-refractivity contribution is 0.303. The van der Waals surface area contributed by atoms with Crippen molar-refractivity contribution in [1.82, 2.24) is 0 Å². The van der Waals surface area contributed by atoms with E-state index in [-0.39, 0.29) is 5.75 Å². The Hall–Kier alpha value is -2.17. The third-order valence-corrected chi connectivity index (χ3v) is 4.43. The Bertz CT molecular complexity index is 835. The number of aromatic hydroxyl groups is 1. The third-order valence-electron chi connectivity index (χ3n) is 3.68. The van der Waals surface area contributed by atoms with Crippen molar-refractivity contribution in [3.63, 3.8) is 0 Å². The molecule has 0 aliphatic rings. The number of phenolic OH excluding ortho intramolecular Hbond substituents is 1. The molecule has 0 radical (unpaired) electrons. The Labute approximate surface area is 160 Å². The summed E-state index contributed by atoms with van der Waals surface area (Å²) in [5.41, 5.74) is 3.03. The van der Waals surface area contributed by atoms with Crippen LogP contribution in [0.25, 0.3) is 0 Å². The lowest BCUT2D eigenvalue weighted by Gasteiger charge is -2.14. The monoisotopic (exact) mass is 417 g/mol. The summed E-state index contributed by atoms with van der Waals surface area (Å²) in [5.74, 6) is 1.07. The zero-order valence-corrected chi connectivity index (χ0v) is 15.7. The predicted molar refractivity (Wildman–Crippen MR) is 105 cm³/mol. The van der Waals surface area contributed by atoms with E-state index < -0.39 is 0 Å². The van der Waals surface area contributed by atoms with E-state index in [4.69, 9.17) is 16.3 Å². The molecule has 0 fully saturated rings. The molecule has 128 valence electrons. The number of ether oxygens (including phenoxy) is 1. The first-order valence-corrected chi connectivity index (χ1v) is 8.96. The van der Waals surface area contributed by atoms with E-state index in [1.807, 2.05) is 54.6 Å². The highest BCUT2D eigenvalue weighted by Gasteiger charge is 2.06. The van der Waals surface area contributed by atoms with Gasteiger partial charge >= 0.3 is 0 Å². The Morgan fingerprint density at radius 1 is 0.960 bits per heavy atom. The van der Waals surface area contributed by atoms with Gasteiger partial charge < -0.3 is 15.2 Å². The maximum Gasteiger partial charge on any atom is 0.124 e. The molecule has 25 heavy (non-hydrogen) atoms. The molecule has 3 nitrogen and oxygen atoms in total. The van der Waals surface area contributed by atoms with E-state index in [9.17, 15) is 5.11 Å². The quantitative estimate of drug-likeness (QED) is 0.482. The van der Waals surface area contributed by atoms with Crippen molar-refractivity contribution in [1.29, 1.82) is 0 Å². The average molecular weight is 419 g/mol. The topological polar surface area (TPSA) is 41.5 Å². The predicted octanol–water partition coefficient (Wildman–Crippen LogP) is 6.00. The van der Waals surface area contributed by atoms with E-state index in [1.54, 1.807) is 12.1 Å². The van der Waals surface area contributed by atoms with Gasteiger partial charge in [-0.1, -0.05) is 39.7 Å². The fourth-order valence-corrected chi connectivity index (χ4v) is 2.88. The molecule has 0 aromatic heterocycles. The van der Waals surface area contributed by atoms with E-state index in [0.29, 0.717) is 18.2 Å². The van der Waals surface area contributed by atoms with E-state index in [0.717, 1.165) is 27.0 Å².